The highest BCUT2D eigenvalue weighted by Crippen LogP contribution is 2.17. The fourth-order valence-electron chi connectivity index (χ4n) is 2.39. The molecule has 0 aliphatic rings. The van der Waals surface area contributed by atoms with Crippen molar-refractivity contribution in [3.05, 3.63) is 69.3 Å². The topological polar surface area (TPSA) is 81.4 Å². The molecular weight excluding hydrogens is 419 g/mol. The van der Waals surface area contributed by atoms with Crippen LogP contribution in [0.3, 0.4) is 0 Å². The van der Waals surface area contributed by atoms with Crippen LogP contribution < -0.4 is 11.1 Å². The first-order chi connectivity index (χ1) is 11.5. The van der Waals surface area contributed by atoms with Crippen molar-refractivity contribution < 1.29 is 14.3 Å². The van der Waals surface area contributed by atoms with E-state index in [1.54, 1.807) is 12.1 Å². The number of methoxy groups -OCH3 is 1. The summed E-state index contributed by atoms with van der Waals surface area (Å²) in [6.45, 7) is 0. The van der Waals surface area contributed by atoms with Gasteiger partial charge in [0.25, 0.3) is 5.91 Å². The van der Waals surface area contributed by atoms with Crippen LogP contribution in [0.2, 0.25) is 0 Å². The summed E-state index contributed by atoms with van der Waals surface area (Å²) in [6, 6.07) is 16.0. The van der Waals surface area contributed by atoms with E-state index in [4.69, 9.17) is 10.5 Å². The molecule has 24 heavy (non-hydrogen) atoms. The number of nitrogens with one attached hydrogen (secondary N) is 1. The van der Waals surface area contributed by atoms with Gasteiger partial charge in [-0.25, -0.2) is 0 Å². The minimum atomic E-state index is -0.794. The van der Waals surface area contributed by atoms with E-state index >= 15 is 0 Å². The van der Waals surface area contributed by atoms with Gasteiger partial charge in [0.05, 0.1) is 0 Å². The Morgan fingerprint density at radius 1 is 1.17 bits per heavy atom. The first-order valence-electron chi connectivity index (χ1n) is 7.43. The van der Waals surface area contributed by atoms with E-state index in [0.29, 0.717) is 6.42 Å². The van der Waals surface area contributed by atoms with Gasteiger partial charge in [-0.3, -0.25) is 9.59 Å². The molecule has 2 atom stereocenters. The number of benzene rings is 2. The maximum Gasteiger partial charge on any atom is 0.254 e. The zero-order chi connectivity index (χ0) is 17.5. The van der Waals surface area contributed by atoms with Crippen LogP contribution in [0.25, 0.3) is 0 Å². The monoisotopic (exact) mass is 438 g/mol. The second-order valence-corrected chi connectivity index (χ2v) is 6.57. The number of carbonyl (C=O) groups excluding carboxylic acids is 2. The molecule has 0 spiro atoms. The summed E-state index contributed by atoms with van der Waals surface area (Å²) in [5.74, 6) is -0.969. The number of nitrogens with two attached hydrogens (primary N) is 1. The average molecular weight is 438 g/mol. The molecule has 3 N–H and O–H groups in total. The second-order valence-electron chi connectivity index (χ2n) is 5.32. The molecule has 2 rings (SSSR count). The predicted molar refractivity (Wildman–Crippen MR) is 100 cm³/mol. The SMILES string of the molecule is CO[C@H](C(=O)N[C@@H](Cc1cccc(I)c1)C(N)=O)c1ccccc1. The minimum absolute atomic E-state index is 0.336. The highest BCUT2D eigenvalue weighted by molar-refractivity contribution is 14.1. The van der Waals surface area contributed by atoms with E-state index < -0.39 is 24.0 Å². The molecule has 2 aromatic rings. The number of carbonyl (C=O) groups is 2. The summed E-state index contributed by atoms with van der Waals surface area (Å²) in [5, 5.41) is 2.69. The Balaban J connectivity index is 2.11. The Morgan fingerprint density at radius 3 is 2.46 bits per heavy atom. The first kappa shape index (κ1) is 18.4. The van der Waals surface area contributed by atoms with E-state index in [1.807, 2.05) is 42.5 Å². The molecule has 0 aromatic heterocycles. The number of amides is 2. The lowest BCUT2D eigenvalue weighted by Crippen LogP contribution is -2.47. The van der Waals surface area contributed by atoms with Crippen LogP contribution >= 0.6 is 22.6 Å². The summed E-state index contributed by atoms with van der Waals surface area (Å²) < 4.78 is 6.34. The third-order valence-corrected chi connectivity index (χ3v) is 4.24. The van der Waals surface area contributed by atoms with Crippen LogP contribution in [0.5, 0.6) is 0 Å². The van der Waals surface area contributed by atoms with Crippen LogP contribution in [0.1, 0.15) is 17.2 Å². The van der Waals surface area contributed by atoms with Crippen LogP contribution in [0, 0.1) is 3.57 Å². The maximum atomic E-state index is 12.5. The summed E-state index contributed by atoms with van der Waals surface area (Å²) in [4.78, 5) is 24.2. The third kappa shape index (κ3) is 5.04. The van der Waals surface area contributed by atoms with Gasteiger partial charge in [0.2, 0.25) is 5.91 Å². The summed E-state index contributed by atoms with van der Waals surface area (Å²) in [7, 11) is 1.45. The smallest absolute Gasteiger partial charge is 0.254 e. The van der Waals surface area contributed by atoms with Crippen LogP contribution in [0.4, 0.5) is 0 Å². The van der Waals surface area contributed by atoms with Crippen molar-refractivity contribution in [2.24, 2.45) is 5.73 Å². The second kappa shape index (κ2) is 8.79. The molecule has 126 valence electrons. The number of hydrogen-bond donors (Lipinski definition) is 2. The highest BCUT2D eigenvalue weighted by atomic mass is 127. The zero-order valence-corrected chi connectivity index (χ0v) is 15.4. The van der Waals surface area contributed by atoms with Gasteiger partial charge in [-0.15, -0.1) is 0 Å². The van der Waals surface area contributed by atoms with Crippen molar-refractivity contribution in [3.8, 4) is 0 Å². The Hall–Kier alpha value is -1.93. The van der Waals surface area contributed by atoms with E-state index in [9.17, 15) is 9.59 Å². The van der Waals surface area contributed by atoms with Gasteiger partial charge < -0.3 is 15.8 Å². The third-order valence-electron chi connectivity index (χ3n) is 3.56. The number of rotatable bonds is 7. The molecular formula is C18H19IN2O3. The van der Waals surface area contributed by atoms with Gasteiger partial charge in [0.15, 0.2) is 6.10 Å². The largest absolute Gasteiger partial charge is 0.368 e. The van der Waals surface area contributed by atoms with E-state index in [0.717, 1.165) is 14.7 Å². The lowest BCUT2D eigenvalue weighted by Gasteiger charge is -2.20. The number of ether oxygens (including phenoxy) is 1. The van der Waals surface area contributed by atoms with E-state index in [1.165, 1.54) is 7.11 Å². The maximum absolute atomic E-state index is 12.5. The quantitative estimate of drug-likeness (QED) is 0.651. The summed E-state index contributed by atoms with van der Waals surface area (Å²) in [5.41, 5.74) is 7.10. The number of halogens is 1. The van der Waals surface area contributed by atoms with E-state index in [-0.39, 0.29) is 0 Å². The van der Waals surface area contributed by atoms with Gasteiger partial charge >= 0.3 is 0 Å². The van der Waals surface area contributed by atoms with Gasteiger partial charge in [0.1, 0.15) is 6.04 Å². The van der Waals surface area contributed by atoms with Crippen molar-refractivity contribution in [1.82, 2.24) is 5.32 Å². The molecule has 0 fully saturated rings. The van der Waals surface area contributed by atoms with Gasteiger partial charge in [-0.2, -0.15) is 0 Å². The van der Waals surface area contributed by atoms with Crippen molar-refractivity contribution >= 4 is 34.4 Å². The Labute approximate surface area is 154 Å². The lowest BCUT2D eigenvalue weighted by molar-refractivity contribution is -0.134. The Bertz CT molecular complexity index is 706. The lowest BCUT2D eigenvalue weighted by atomic mass is 10.0. The molecule has 0 unspecified atom stereocenters. The molecule has 0 bridgehead atoms. The van der Waals surface area contributed by atoms with Crippen LogP contribution in [-0.2, 0) is 20.7 Å². The first-order valence-corrected chi connectivity index (χ1v) is 8.51. The number of hydrogen-bond acceptors (Lipinski definition) is 3. The molecule has 0 saturated heterocycles. The van der Waals surface area contributed by atoms with Gasteiger partial charge in [-0.05, 0) is 45.9 Å². The van der Waals surface area contributed by atoms with Crippen molar-refractivity contribution in [2.45, 2.75) is 18.6 Å². The van der Waals surface area contributed by atoms with Crippen LogP contribution in [0.15, 0.2) is 54.6 Å². The van der Waals surface area contributed by atoms with Crippen molar-refractivity contribution in [2.75, 3.05) is 7.11 Å². The fraction of sp³-hybridized carbons (Fsp3) is 0.222. The van der Waals surface area contributed by atoms with Crippen molar-refractivity contribution in [1.29, 1.82) is 0 Å². The average Bonchev–Trinajstić information content (AvgIpc) is 2.56. The molecule has 6 heteroatoms. The molecule has 5 nitrogen and oxygen atoms in total. The molecule has 0 heterocycles. The van der Waals surface area contributed by atoms with Gasteiger partial charge in [-0.1, -0.05) is 42.5 Å². The zero-order valence-electron chi connectivity index (χ0n) is 13.2. The van der Waals surface area contributed by atoms with Crippen molar-refractivity contribution in [3.63, 3.8) is 0 Å². The molecule has 0 aliphatic carbocycles. The normalized spacial score (nSPS) is 13.1. The van der Waals surface area contributed by atoms with Gasteiger partial charge in [0, 0.05) is 17.1 Å². The molecule has 0 radical (unpaired) electrons. The van der Waals surface area contributed by atoms with E-state index in [2.05, 4.69) is 27.9 Å². The predicted octanol–water partition coefficient (Wildman–Crippen LogP) is 2.19. The number of primary amides is 1. The Morgan fingerprint density at radius 2 is 1.88 bits per heavy atom. The summed E-state index contributed by atoms with van der Waals surface area (Å²) >= 11 is 2.20. The molecule has 0 aliphatic heterocycles. The molecule has 0 saturated carbocycles. The standard InChI is InChI=1S/C18H19IN2O3/c1-24-16(13-7-3-2-4-8-13)18(23)21-15(17(20)22)11-12-6-5-9-14(19)10-12/h2-10,15-16H,11H2,1H3,(H2,20,22)(H,21,23)/t15-,16-/m0/s1. The molecule has 2 amide bonds. The summed E-state index contributed by atoms with van der Waals surface area (Å²) in [6.07, 6.45) is -0.452. The molecule has 2 aromatic carbocycles. The highest BCUT2D eigenvalue weighted by Gasteiger charge is 2.25. The minimum Gasteiger partial charge on any atom is -0.368 e. The Kier molecular flexibility index (Phi) is 6.74. The fourth-order valence-corrected chi connectivity index (χ4v) is 3.00. The van der Waals surface area contributed by atoms with Crippen LogP contribution in [-0.4, -0.2) is 25.0 Å².